The van der Waals surface area contributed by atoms with Crippen LogP contribution < -0.4 is 10.2 Å². The van der Waals surface area contributed by atoms with Gasteiger partial charge in [0.25, 0.3) is 0 Å². The van der Waals surface area contributed by atoms with Crippen LogP contribution in [0.2, 0.25) is 0 Å². The van der Waals surface area contributed by atoms with Gasteiger partial charge in [0.1, 0.15) is 5.82 Å². The Balaban J connectivity index is 2.01. The second-order valence-corrected chi connectivity index (χ2v) is 11.0. The second-order valence-electron chi connectivity index (χ2n) is 9.10. The van der Waals surface area contributed by atoms with E-state index in [1.165, 1.54) is 16.4 Å². The maximum atomic E-state index is 13.6. The number of benzene rings is 3. The van der Waals surface area contributed by atoms with Gasteiger partial charge in [0.05, 0.1) is 4.90 Å². The summed E-state index contributed by atoms with van der Waals surface area (Å²) in [6.07, 6.45) is 0.393. The summed E-state index contributed by atoms with van der Waals surface area (Å²) in [5.41, 5.74) is 3.00. The van der Waals surface area contributed by atoms with Crippen LogP contribution in [-0.2, 0) is 27.9 Å². The monoisotopic (exact) mass is 497 g/mol. The fourth-order valence-electron chi connectivity index (χ4n) is 3.77. The largest absolute Gasteiger partial charge is 0.377 e. The van der Waals surface area contributed by atoms with Gasteiger partial charge in [0, 0.05) is 45.0 Å². The first kappa shape index (κ1) is 26.4. The predicted octanol–water partition coefficient (Wildman–Crippen LogP) is 5.27. The summed E-state index contributed by atoms with van der Waals surface area (Å²) in [6, 6.07) is 19.6. The van der Waals surface area contributed by atoms with Gasteiger partial charge in [-0.2, -0.15) is 4.31 Å². The molecule has 1 amide bonds. The molecule has 0 aliphatic carbocycles. The van der Waals surface area contributed by atoms with Crippen molar-refractivity contribution in [2.45, 2.75) is 38.3 Å². The van der Waals surface area contributed by atoms with Crippen molar-refractivity contribution < 1.29 is 17.6 Å². The molecule has 0 radical (unpaired) electrons. The summed E-state index contributed by atoms with van der Waals surface area (Å²) in [7, 11) is -0.186. The highest BCUT2D eigenvalue weighted by Gasteiger charge is 2.26. The van der Waals surface area contributed by atoms with E-state index in [1.807, 2.05) is 81.4 Å². The Labute approximate surface area is 207 Å². The molecule has 0 aliphatic rings. The zero-order valence-corrected chi connectivity index (χ0v) is 21.3. The van der Waals surface area contributed by atoms with Gasteiger partial charge in [0.15, 0.2) is 0 Å². The molecule has 0 bridgehead atoms. The summed E-state index contributed by atoms with van der Waals surface area (Å²) in [5.74, 6) is -0.375. The number of hydrogen-bond acceptors (Lipinski definition) is 4. The number of carbonyl (C=O) groups excluding carboxylic acids is 1. The number of amides is 1. The van der Waals surface area contributed by atoms with Crippen molar-refractivity contribution in [2.75, 3.05) is 24.3 Å². The van der Waals surface area contributed by atoms with Crippen molar-refractivity contribution in [3.63, 3.8) is 0 Å². The normalized spacial score (nSPS) is 11.6. The zero-order chi connectivity index (χ0) is 25.6. The van der Waals surface area contributed by atoms with Crippen LogP contribution in [0.5, 0.6) is 0 Å². The highest BCUT2D eigenvalue weighted by atomic mass is 32.2. The first-order valence-electron chi connectivity index (χ1n) is 11.5. The molecule has 0 saturated carbocycles. The number of rotatable bonds is 10. The van der Waals surface area contributed by atoms with Gasteiger partial charge in [-0.3, -0.25) is 4.79 Å². The molecule has 3 aromatic carbocycles. The Morgan fingerprint density at radius 3 is 2.20 bits per heavy atom. The third kappa shape index (κ3) is 7.13. The Morgan fingerprint density at radius 1 is 0.943 bits per heavy atom. The molecule has 0 fully saturated rings. The number of hydrogen-bond donors (Lipinski definition) is 1. The molecule has 1 N–H and O–H groups in total. The number of carbonyl (C=O) groups is 1. The van der Waals surface area contributed by atoms with Crippen LogP contribution in [-0.4, -0.2) is 32.7 Å². The summed E-state index contributed by atoms with van der Waals surface area (Å²) in [4.78, 5) is 14.2. The summed E-state index contributed by atoms with van der Waals surface area (Å²) in [6.45, 7) is 4.15. The lowest BCUT2D eigenvalue weighted by Gasteiger charge is -2.26. The minimum absolute atomic E-state index is 0.0163. The lowest BCUT2D eigenvalue weighted by molar-refractivity contribution is -0.116. The molecule has 8 heteroatoms. The first-order chi connectivity index (χ1) is 16.6. The zero-order valence-electron chi connectivity index (χ0n) is 20.5. The van der Waals surface area contributed by atoms with Gasteiger partial charge in [-0.25, -0.2) is 12.8 Å². The Morgan fingerprint density at radius 2 is 1.60 bits per heavy atom. The third-order valence-corrected chi connectivity index (χ3v) is 7.24. The van der Waals surface area contributed by atoms with Crippen LogP contribution in [0.1, 0.15) is 31.4 Å². The highest BCUT2D eigenvalue weighted by Crippen LogP contribution is 2.28. The lowest BCUT2D eigenvalue weighted by atomic mass is 10.1. The SMILES string of the molecule is CC(C)CC(=O)Nc1ccc(N(C)C)c(CN(Cc2ccccc2)S(=O)(=O)c2ccc(F)cc2)c1. The minimum Gasteiger partial charge on any atom is -0.377 e. The number of nitrogens with one attached hydrogen (secondary N) is 1. The molecule has 0 aliphatic heterocycles. The number of anilines is 2. The third-order valence-electron chi connectivity index (χ3n) is 5.44. The molecule has 0 spiro atoms. The van der Waals surface area contributed by atoms with Crippen LogP contribution >= 0.6 is 0 Å². The Hall–Kier alpha value is -3.23. The van der Waals surface area contributed by atoms with Gasteiger partial charge in [-0.1, -0.05) is 44.2 Å². The Bertz CT molecular complexity index is 1240. The predicted molar refractivity (Wildman–Crippen MR) is 138 cm³/mol. The van der Waals surface area contributed by atoms with Crippen LogP contribution in [0.4, 0.5) is 15.8 Å². The van der Waals surface area contributed by atoms with Crippen LogP contribution in [0.3, 0.4) is 0 Å². The second kappa shape index (κ2) is 11.5. The Kier molecular flexibility index (Phi) is 8.64. The van der Waals surface area contributed by atoms with E-state index in [4.69, 9.17) is 0 Å². The first-order valence-corrected chi connectivity index (χ1v) is 12.9. The molecule has 0 unspecified atom stereocenters. The summed E-state index contributed by atoms with van der Waals surface area (Å²) in [5, 5.41) is 2.91. The fourth-order valence-corrected chi connectivity index (χ4v) is 5.17. The number of nitrogens with zero attached hydrogens (tertiary/aromatic N) is 2. The van der Waals surface area contributed by atoms with Crippen LogP contribution in [0.15, 0.2) is 77.7 Å². The van der Waals surface area contributed by atoms with E-state index in [9.17, 15) is 17.6 Å². The van der Waals surface area contributed by atoms with Crippen molar-refractivity contribution in [1.82, 2.24) is 4.31 Å². The van der Waals surface area contributed by atoms with Crippen molar-refractivity contribution in [3.05, 3.63) is 89.7 Å². The molecule has 186 valence electrons. The molecule has 0 heterocycles. The van der Waals surface area contributed by atoms with Gasteiger partial charge >= 0.3 is 0 Å². The van der Waals surface area contributed by atoms with E-state index in [-0.39, 0.29) is 29.8 Å². The van der Waals surface area contributed by atoms with Crippen molar-refractivity contribution >= 4 is 27.3 Å². The quantitative estimate of drug-likeness (QED) is 0.414. The van der Waals surface area contributed by atoms with Crippen LogP contribution in [0, 0.1) is 11.7 Å². The van der Waals surface area contributed by atoms with E-state index in [0.29, 0.717) is 12.1 Å². The van der Waals surface area contributed by atoms with Gasteiger partial charge in [-0.05, 0) is 59.5 Å². The maximum Gasteiger partial charge on any atom is 0.243 e. The average Bonchev–Trinajstić information content (AvgIpc) is 2.79. The molecule has 6 nitrogen and oxygen atoms in total. The van der Waals surface area contributed by atoms with E-state index in [0.717, 1.165) is 28.9 Å². The topological polar surface area (TPSA) is 69.7 Å². The molecule has 0 aromatic heterocycles. The van der Waals surface area contributed by atoms with E-state index >= 15 is 0 Å². The molecular weight excluding hydrogens is 465 g/mol. The van der Waals surface area contributed by atoms with Gasteiger partial charge in [0.2, 0.25) is 15.9 Å². The molecule has 0 saturated heterocycles. The van der Waals surface area contributed by atoms with E-state index < -0.39 is 15.8 Å². The molecule has 3 aromatic rings. The van der Waals surface area contributed by atoms with E-state index in [2.05, 4.69) is 5.32 Å². The number of halogens is 1. The number of sulfonamides is 1. The van der Waals surface area contributed by atoms with Gasteiger partial charge in [-0.15, -0.1) is 0 Å². The smallest absolute Gasteiger partial charge is 0.243 e. The summed E-state index contributed by atoms with van der Waals surface area (Å²) >= 11 is 0. The van der Waals surface area contributed by atoms with E-state index in [1.54, 1.807) is 0 Å². The molecule has 0 atom stereocenters. The lowest BCUT2D eigenvalue weighted by Crippen LogP contribution is -2.31. The molecule has 35 heavy (non-hydrogen) atoms. The standard InChI is InChI=1S/C27H32FN3O3S/c1-20(2)16-27(32)29-24-12-15-26(30(3)4)22(17-24)19-31(18-21-8-6-5-7-9-21)35(33,34)25-13-10-23(28)11-14-25/h5-15,17,20H,16,18-19H2,1-4H3,(H,29,32). The van der Waals surface area contributed by atoms with Crippen molar-refractivity contribution in [2.24, 2.45) is 5.92 Å². The van der Waals surface area contributed by atoms with Gasteiger partial charge < -0.3 is 10.2 Å². The van der Waals surface area contributed by atoms with Crippen LogP contribution in [0.25, 0.3) is 0 Å². The fraction of sp³-hybridized carbons (Fsp3) is 0.296. The van der Waals surface area contributed by atoms with Crippen molar-refractivity contribution in [1.29, 1.82) is 0 Å². The highest BCUT2D eigenvalue weighted by molar-refractivity contribution is 7.89. The maximum absolute atomic E-state index is 13.6. The minimum atomic E-state index is -3.95. The molecule has 3 rings (SSSR count). The van der Waals surface area contributed by atoms with Crippen molar-refractivity contribution in [3.8, 4) is 0 Å². The average molecular weight is 498 g/mol. The molecular formula is C27H32FN3O3S. The summed E-state index contributed by atoms with van der Waals surface area (Å²) < 4.78 is 42.1.